The van der Waals surface area contributed by atoms with Gasteiger partial charge in [0.05, 0.1) is 5.69 Å². The van der Waals surface area contributed by atoms with Gasteiger partial charge in [0.2, 0.25) is 0 Å². The molecule has 7 heteroatoms. The number of amides is 2. The maximum Gasteiger partial charge on any atom is 0.271 e. The van der Waals surface area contributed by atoms with Crippen molar-refractivity contribution >= 4 is 33.8 Å². The maximum atomic E-state index is 13.0. The quantitative estimate of drug-likeness (QED) is 0.468. The first-order chi connectivity index (χ1) is 15.6. The topological polar surface area (TPSA) is 66.7 Å². The summed E-state index contributed by atoms with van der Waals surface area (Å²) in [5.74, 6) is -0.0820. The molecular formula is C25H24N4O2S. The molecule has 0 radical (unpaired) electrons. The van der Waals surface area contributed by atoms with E-state index in [4.69, 9.17) is 4.98 Å². The van der Waals surface area contributed by atoms with Crippen LogP contribution in [0.25, 0.3) is 16.2 Å². The highest BCUT2D eigenvalue weighted by molar-refractivity contribution is 7.15. The number of imidazole rings is 1. The van der Waals surface area contributed by atoms with Gasteiger partial charge in [-0.1, -0.05) is 29.8 Å². The molecule has 32 heavy (non-hydrogen) atoms. The zero-order valence-electron chi connectivity index (χ0n) is 17.9. The van der Waals surface area contributed by atoms with E-state index >= 15 is 0 Å². The number of piperidine rings is 1. The summed E-state index contributed by atoms with van der Waals surface area (Å²) < 4.78 is 1.88. The molecule has 0 bridgehead atoms. The van der Waals surface area contributed by atoms with E-state index in [1.54, 1.807) is 0 Å². The molecule has 1 aliphatic rings. The van der Waals surface area contributed by atoms with E-state index in [1.165, 1.54) is 17.8 Å². The van der Waals surface area contributed by atoms with Crippen LogP contribution in [-0.4, -0.2) is 39.2 Å². The Morgan fingerprint density at radius 3 is 2.59 bits per heavy atom. The first kappa shape index (κ1) is 20.5. The molecule has 5 rings (SSSR count). The fourth-order valence-electron chi connectivity index (χ4n) is 4.00. The maximum absolute atomic E-state index is 13.0. The number of aromatic nitrogens is 2. The summed E-state index contributed by atoms with van der Waals surface area (Å²) in [5, 5.41) is 4.85. The van der Waals surface area contributed by atoms with Gasteiger partial charge >= 0.3 is 0 Å². The first-order valence-corrected chi connectivity index (χ1v) is 11.7. The summed E-state index contributed by atoms with van der Waals surface area (Å²) in [5.41, 5.74) is 4.75. The summed E-state index contributed by atoms with van der Waals surface area (Å²) >= 11 is 1.47. The van der Waals surface area contributed by atoms with Crippen LogP contribution in [0.15, 0.2) is 60.1 Å². The third kappa shape index (κ3) is 4.03. The normalized spacial score (nSPS) is 14.0. The average molecular weight is 445 g/mol. The Hall–Kier alpha value is -3.45. The minimum absolute atomic E-state index is 0.0685. The predicted molar refractivity (Wildman–Crippen MR) is 127 cm³/mol. The summed E-state index contributed by atoms with van der Waals surface area (Å²) in [6.45, 7) is 3.63. The van der Waals surface area contributed by atoms with Gasteiger partial charge in [-0.25, -0.2) is 4.98 Å². The Balaban J connectivity index is 1.38. The van der Waals surface area contributed by atoms with Crippen molar-refractivity contribution in [2.24, 2.45) is 0 Å². The molecule has 0 spiro atoms. The molecule has 6 nitrogen and oxygen atoms in total. The van der Waals surface area contributed by atoms with E-state index in [0.717, 1.165) is 47.7 Å². The molecule has 1 N–H and O–H groups in total. The fourth-order valence-corrected chi connectivity index (χ4v) is 4.85. The molecule has 1 saturated heterocycles. The van der Waals surface area contributed by atoms with Gasteiger partial charge in [0.1, 0.15) is 5.69 Å². The third-order valence-electron chi connectivity index (χ3n) is 5.80. The predicted octanol–water partition coefficient (Wildman–Crippen LogP) is 5.25. The highest BCUT2D eigenvalue weighted by atomic mass is 32.1. The minimum atomic E-state index is -0.151. The second kappa shape index (κ2) is 8.59. The van der Waals surface area contributed by atoms with Crippen LogP contribution in [0.3, 0.4) is 0 Å². The molecule has 1 aliphatic heterocycles. The second-order valence-electron chi connectivity index (χ2n) is 8.15. The molecule has 0 unspecified atom stereocenters. The molecule has 2 aromatic heterocycles. The Morgan fingerprint density at radius 2 is 1.81 bits per heavy atom. The highest BCUT2D eigenvalue weighted by Crippen LogP contribution is 2.27. The van der Waals surface area contributed by atoms with Gasteiger partial charge in [-0.3, -0.25) is 14.0 Å². The van der Waals surface area contributed by atoms with Gasteiger partial charge in [0.25, 0.3) is 11.8 Å². The van der Waals surface area contributed by atoms with Gasteiger partial charge in [-0.15, -0.1) is 11.3 Å². The lowest BCUT2D eigenvalue weighted by Gasteiger charge is -2.26. The minimum Gasteiger partial charge on any atom is -0.337 e. The van der Waals surface area contributed by atoms with E-state index in [-0.39, 0.29) is 11.8 Å². The molecule has 3 heterocycles. The molecular weight excluding hydrogens is 420 g/mol. The van der Waals surface area contributed by atoms with Crippen molar-refractivity contribution in [2.75, 3.05) is 18.4 Å². The van der Waals surface area contributed by atoms with Crippen LogP contribution in [0.2, 0.25) is 0 Å². The summed E-state index contributed by atoms with van der Waals surface area (Å²) in [6.07, 6.45) is 5.23. The number of aryl methyl sites for hydroxylation is 1. The van der Waals surface area contributed by atoms with Crippen molar-refractivity contribution < 1.29 is 9.59 Å². The molecule has 0 saturated carbocycles. The number of likely N-dealkylation sites (tertiary alicyclic amines) is 1. The Bertz CT molecular complexity index is 1280. The van der Waals surface area contributed by atoms with Gasteiger partial charge < -0.3 is 10.2 Å². The molecule has 4 aromatic rings. The molecule has 0 aliphatic carbocycles. The Kier molecular flexibility index (Phi) is 5.49. The largest absolute Gasteiger partial charge is 0.337 e. The number of rotatable bonds is 4. The van der Waals surface area contributed by atoms with Gasteiger partial charge in [0, 0.05) is 41.5 Å². The number of hydrogen-bond acceptors (Lipinski definition) is 4. The van der Waals surface area contributed by atoms with Crippen LogP contribution in [0, 0.1) is 6.92 Å². The number of carbonyl (C=O) groups is 2. The lowest BCUT2D eigenvalue weighted by molar-refractivity contribution is 0.0717. The van der Waals surface area contributed by atoms with Crippen LogP contribution in [-0.2, 0) is 0 Å². The summed E-state index contributed by atoms with van der Waals surface area (Å²) in [4.78, 5) is 33.0. The highest BCUT2D eigenvalue weighted by Gasteiger charge is 2.22. The van der Waals surface area contributed by atoms with Crippen molar-refractivity contribution in [3.8, 4) is 11.3 Å². The lowest BCUT2D eigenvalue weighted by Crippen LogP contribution is -2.36. The van der Waals surface area contributed by atoms with Crippen LogP contribution in [0.5, 0.6) is 0 Å². The van der Waals surface area contributed by atoms with Gasteiger partial charge in [-0.05, 0) is 50.5 Å². The third-order valence-corrected chi connectivity index (χ3v) is 6.64. The van der Waals surface area contributed by atoms with Crippen molar-refractivity contribution in [3.05, 3.63) is 76.9 Å². The smallest absolute Gasteiger partial charge is 0.271 e. The van der Waals surface area contributed by atoms with E-state index < -0.39 is 0 Å². The van der Waals surface area contributed by atoms with E-state index in [1.807, 2.05) is 76.3 Å². The molecule has 2 aromatic carbocycles. The number of nitrogens with zero attached hydrogens (tertiary/aromatic N) is 3. The molecule has 162 valence electrons. The van der Waals surface area contributed by atoms with E-state index in [0.29, 0.717) is 16.9 Å². The number of benzene rings is 2. The number of anilines is 1. The summed E-state index contributed by atoms with van der Waals surface area (Å²) in [7, 11) is 0. The number of fused-ring (bicyclic) bond motifs is 1. The average Bonchev–Trinajstić information content (AvgIpc) is 3.41. The van der Waals surface area contributed by atoms with Crippen LogP contribution in [0.1, 0.15) is 45.7 Å². The van der Waals surface area contributed by atoms with E-state index in [9.17, 15) is 9.59 Å². The van der Waals surface area contributed by atoms with Gasteiger partial charge in [-0.2, -0.15) is 0 Å². The van der Waals surface area contributed by atoms with Crippen molar-refractivity contribution in [3.63, 3.8) is 0 Å². The first-order valence-electron chi connectivity index (χ1n) is 10.8. The zero-order valence-corrected chi connectivity index (χ0v) is 18.7. The van der Waals surface area contributed by atoms with Gasteiger partial charge in [0.15, 0.2) is 4.96 Å². The fraction of sp³-hybridized carbons (Fsp3) is 0.240. The second-order valence-corrected chi connectivity index (χ2v) is 8.99. The standard InChI is InChI=1S/C25H24N4O2S/c1-17-8-10-18(11-9-17)23(30)26-20-7-5-6-19(14-20)21-15-29-22(16-32-25(29)27-21)24(31)28-12-3-2-4-13-28/h5-11,14-16H,2-4,12-13H2,1H3,(H,26,30). The van der Waals surface area contributed by atoms with Crippen molar-refractivity contribution in [2.45, 2.75) is 26.2 Å². The molecule has 0 atom stereocenters. The SMILES string of the molecule is Cc1ccc(C(=O)Nc2cccc(-c3cn4c(C(=O)N5CCCCC5)csc4n3)c2)cc1. The zero-order chi connectivity index (χ0) is 22.1. The number of carbonyl (C=O) groups excluding carboxylic acids is 2. The van der Waals surface area contributed by atoms with Crippen LogP contribution < -0.4 is 5.32 Å². The summed E-state index contributed by atoms with van der Waals surface area (Å²) in [6, 6.07) is 15.1. The van der Waals surface area contributed by atoms with Crippen molar-refractivity contribution in [1.29, 1.82) is 0 Å². The Labute approximate surface area is 190 Å². The molecule has 2 amide bonds. The number of nitrogens with one attached hydrogen (secondary N) is 1. The van der Waals surface area contributed by atoms with E-state index in [2.05, 4.69) is 5.32 Å². The van der Waals surface area contributed by atoms with Crippen LogP contribution in [0.4, 0.5) is 5.69 Å². The van der Waals surface area contributed by atoms with Crippen LogP contribution >= 0.6 is 11.3 Å². The molecule has 1 fully saturated rings. The monoisotopic (exact) mass is 444 g/mol. The van der Waals surface area contributed by atoms with Crippen molar-refractivity contribution in [1.82, 2.24) is 14.3 Å². The number of thiazole rings is 1. The number of hydrogen-bond donors (Lipinski definition) is 1. The lowest BCUT2D eigenvalue weighted by atomic mass is 10.1. The Morgan fingerprint density at radius 1 is 1.03 bits per heavy atom.